The summed E-state index contributed by atoms with van der Waals surface area (Å²) in [6, 6.07) is 6.41. The Morgan fingerprint density at radius 3 is 2.30 bits per heavy atom. The van der Waals surface area contributed by atoms with Crippen LogP contribution in [-0.4, -0.2) is 17.2 Å². The second-order valence-electron chi connectivity index (χ2n) is 2.00. The molecule has 0 amide bonds. The average Bonchev–Trinajstić information content (AvgIpc) is 1.88. The number of hydrogen-bond donors (Lipinski definition) is 3. The first-order chi connectivity index (χ1) is 4.72. The summed E-state index contributed by atoms with van der Waals surface area (Å²) in [5.74, 6) is 0.0255. The highest BCUT2D eigenvalue weighted by Crippen LogP contribution is 2.01. The van der Waals surface area contributed by atoms with Gasteiger partial charge in [0.25, 0.3) is 0 Å². The van der Waals surface area contributed by atoms with Crippen molar-refractivity contribution in [2.45, 2.75) is 0 Å². The van der Waals surface area contributed by atoms with Crippen LogP contribution in [0.1, 0.15) is 0 Å². The first-order valence-corrected chi connectivity index (χ1v) is 2.93. The molecule has 4 heteroatoms. The van der Waals surface area contributed by atoms with E-state index in [0.717, 1.165) is 0 Å². The SMILES string of the molecule is NB(O)c1ccccc1O. The molecule has 10 heavy (non-hydrogen) atoms. The third kappa shape index (κ3) is 1.29. The average molecular weight is 137 g/mol. The Hall–Kier alpha value is -0.995. The maximum Gasteiger partial charge on any atom is 0.414 e. The molecule has 0 aliphatic rings. The molecule has 0 saturated carbocycles. The standard InChI is InChI=1S/C6H8BNO2/c8-7(10)5-3-1-2-4-6(5)9/h1-4,9-10H,8H2. The Kier molecular flexibility index (Phi) is 1.94. The first kappa shape index (κ1) is 7.12. The number of phenols is 1. The zero-order valence-corrected chi connectivity index (χ0v) is 5.36. The van der Waals surface area contributed by atoms with Gasteiger partial charge < -0.3 is 15.8 Å². The van der Waals surface area contributed by atoms with Crippen LogP contribution >= 0.6 is 0 Å². The molecule has 1 rings (SSSR count). The number of phenolic OH excluding ortho intramolecular Hbond substituents is 1. The highest BCUT2D eigenvalue weighted by Gasteiger charge is 2.10. The van der Waals surface area contributed by atoms with Gasteiger partial charge in [-0.15, -0.1) is 0 Å². The van der Waals surface area contributed by atoms with Crippen LogP contribution in [0.4, 0.5) is 0 Å². The summed E-state index contributed by atoms with van der Waals surface area (Å²) in [4.78, 5) is 0. The number of aromatic hydroxyl groups is 1. The van der Waals surface area contributed by atoms with Gasteiger partial charge in [-0.2, -0.15) is 0 Å². The van der Waals surface area contributed by atoms with Gasteiger partial charge in [0.1, 0.15) is 5.75 Å². The molecule has 0 saturated heterocycles. The van der Waals surface area contributed by atoms with Crippen molar-refractivity contribution < 1.29 is 10.1 Å². The summed E-state index contributed by atoms with van der Waals surface area (Å²) in [7, 11) is -1.10. The van der Waals surface area contributed by atoms with Gasteiger partial charge in [0.05, 0.1) is 0 Å². The number of nitrogens with two attached hydrogens (primary N) is 1. The smallest absolute Gasteiger partial charge is 0.414 e. The normalized spacial score (nSPS) is 9.40. The highest BCUT2D eigenvalue weighted by molar-refractivity contribution is 6.63. The summed E-state index contributed by atoms with van der Waals surface area (Å²) in [5, 5.41) is 17.9. The van der Waals surface area contributed by atoms with Crippen molar-refractivity contribution in [2.75, 3.05) is 0 Å². The molecule has 4 N–H and O–H groups in total. The maximum atomic E-state index is 9.04. The van der Waals surface area contributed by atoms with E-state index in [-0.39, 0.29) is 5.75 Å². The molecular weight excluding hydrogens is 129 g/mol. The number of benzene rings is 1. The molecule has 1 aromatic rings. The third-order valence-corrected chi connectivity index (χ3v) is 1.26. The van der Waals surface area contributed by atoms with Gasteiger partial charge in [0.2, 0.25) is 0 Å². The van der Waals surface area contributed by atoms with Crippen LogP contribution in [-0.2, 0) is 0 Å². The van der Waals surface area contributed by atoms with E-state index in [1.807, 2.05) is 0 Å². The number of hydrogen-bond acceptors (Lipinski definition) is 3. The second kappa shape index (κ2) is 2.73. The monoisotopic (exact) mass is 137 g/mol. The van der Waals surface area contributed by atoms with E-state index < -0.39 is 7.05 Å². The van der Waals surface area contributed by atoms with Gasteiger partial charge in [-0.25, -0.2) is 0 Å². The molecule has 1 aromatic carbocycles. The van der Waals surface area contributed by atoms with Gasteiger partial charge >= 0.3 is 7.05 Å². The molecule has 0 aliphatic heterocycles. The summed E-state index contributed by atoms with van der Waals surface area (Å²) >= 11 is 0. The lowest BCUT2D eigenvalue weighted by atomic mass is 9.75. The van der Waals surface area contributed by atoms with E-state index in [1.54, 1.807) is 18.2 Å². The van der Waals surface area contributed by atoms with Crippen LogP contribution in [0.2, 0.25) is 0 Å². The quantitative estimate of drug-likeness (QED) is 0.436. The van der Waals surface area contributed by atoms with E-state index in [9.17, 15) is 0 Å². The number of para-hydroxylation sites is 1. The fourth-order valence-electron chi connectivity index (χ4n) is 0.738. The first-order valence-electron chi connectivity index (χ1n) is 2.93. The molecule has 0 unspecified atom stereocenters. The minimum Gasteiger partial charge on any atom is -0.508 e. The summed E-state index contributed by atoms with van der Waals surface area (Å²) in [6.45, 7) is 0. The predicted molar refractivity (Wildman–Crippen MR) is 39.9 cm³/mol. The van der Waals surface area contributed by atoms with Crippen molar-refractivity contribution in [1.82, 2.24) is 0 Å². The number of rotatable bonds is 1. The minimum absolute atomic E-state index is 0.0255. The molecule has 3 nitrogen and oxygen atoms in total. The molecule has 0 bridgehead atoms. The second-order valence-corrected chi connectivity index (χ2v) is 2.00. The van der Waals surface area contributed by atoms with Crippen LogP contribution in [0.15, 0.2) is 24.3 Å². The summed E-state index contributed by atoms with van der Waals surface area (Å²) < 4.78 is 0. The fraction of sp³-hybridized carbons (Fsp3) is 0. The van der Waals surface area contributed by atoms with Crippen LogP contribution in [0, 0.1) is 0 Å². The Balaban J connectivity index is 3.03. The Bertz CT molecular complexity index is 227. The predicted octanol–water partition coefficient (Wildman–Crippen LogP) is -0.962. The fourth-order valence-corrected chi connectivity index (χ4v) is 0.738. The summed E-state index contributed by atoms with van der Waals surface area (Å²) in [5.41, 5.74) is 5.46. The lowest BCUT2D eigenvalue weighted by Gasteiger charge is -2.01. The van der Waals surface area contributed by atoms with Crippen LogP contribution in [0.25, 0.3) is 0 Å². The molecule has 0 aromatic heterocycles. The third-order valence-electron chi connectivity index (χ3n) is 1.26. The van der Waals surface area contributed by atoms with Crippen molar-refractivity contribution in [3.8, 4) is 5.75 Å². The van der Waals surface area contributed by atoms with Crippen LogP contribution in [0.5, 0.6) is 5.75 Å². The molecule has 52 valence electrons. The van der Waals surface area contributed by atoms with E-state index >= 15 is 0 Å². The molecule has 0 heterocycles. The minimum atomic E-state index is -1.10. The molecule has 0 aliphatic carbocycles. The zero-order chi connectivity index (χ0) is 7.56. The molecule has 0 radical (unpaired) electrons. The highest BCUT2D eigenvalue weighted by atomic mass is 16.3. The van der Waals surface area contributed by atoms with Crippen molar-refractivity contribution in [1.29, 1.82) is 0 Å². The Morgan fingerprint density at radius 1 is 1.30 bits per heavy atom. The van der Waals surface area contributed by atoms with Gasteiger partial charge in [0.15, 0.2) is 0 Å². The van der Waals surface area contributed by atoms with Crippen molar-refractivity contribution in [2.24, 2.45) is 5.64 Å². The maximum absolute atomic E-state index is 9.04. The Morgan fingerprint density at radius 2 is 1.90 bits per heavy atom. The van der Waals surface area contributed by atoms with Gasteiger partial charge in [0, 0.05) is 5.46 Å². The lowest BCUT2D eigenvalue weighted by molar-refractivity contribution is 0.477. The van der Waals surface area contributed by atoms with Crippen molar-refractivity contribution in [3.05, 3.63) is 24.3 Å². The van der Waals surface area contributed by atoms with Crippen molar-refractivity contribution in [3.63, 3.8) is 0 Å². The largest absolute Gasteiger partial charge is 0.508 e. The van der Waals surface area contributed by atoms with E-state index in [2.05, 4.69) is 0 Å². The van der Waals surface area contributed by atoms with Crippen LogP contribution in [0.3, 0.4) is 0 Å². The van der Waals surface area contributed by atoms with E-state index in [0.29, 0.717) is 5.46 Å². The molecule has 0 spiro atoms. The van der Waals surface area contributed by atoms with E-state index in [4.69, 9.17) is 15.8 Å². The molecule has 0 atom stereocenters. The van der Waals surface area contributed by atoms with E-state index in [1.165, 1.54) is 6.07 Å². The van der Waals surface area contributed by atoms with Crippen molar-refractivity contribution >= 4 is 12.5 Å². The summed E-state index contributed by atoms with van der Waals surface area (Å²) in [6.07, 6.45) is 0. The van der Waals surface area contributed by atoms with Gasteiger partial charge in [-0.05, 0) is 6.07 Å². The topological polar surface area (TPSA) is 66.5 Å². The van der Waals surface area contributed by atoms with Crippen LogP contribution < -0.4 is 11.1 Å². The van der Waals surface area contributed by atoms with Gasteiger partial charge in [-0.1, -0.05) is 18.2 Å². The Labute approximate surface area is 59.2 Å². The van der Waals surface area contributed by atoms with Gasteiger partial charge in [-0.3, -0.25) is 0 Å². The zero-order valence-electron chi connectivity index (χ0n) is 5.36. The molecular formula is C6H8BNO2. The lowest BCUT2D eigenvalue weighted by Crippen LogP contribution is -2.39. The molecule has 0 fully saturated rings.